The summed E-state index contributed by atoms with van der Waals surface area (Å²) in [4.78, 5) is 11.7. The quantitative estimate of drug-likeness (QED) is 0.894. The molecule has 0 radical (unpaired) electrons. The topological polar surface area (TPSA) is 46.5 Å². The molecule has 2 atom stereocenters. The molecule has 1 N–H and O–H groups in total. The van der Waals surface area contributed by atoms with Crippen molar-refractivity contribution >= 4 is 17.6 Å². The lowest BCUT2D eigenvalue weighted by Crippen LogP contribution is -2.18. The molecule has 2 unspecified atom stereocenters. The van der Waals surface area contributed by atoms with Gasteiger partial charge in [-0.3, -0.25) is 4.79 Å². The van der Waals surface area contributed by atoms with E-state index in [2.05, 4.69) is 0 Å². The van der Waals surface area contributed by atoms with Gasteiger partial charge in [0.15, 0.2) is 0 Å². The Morgan fingerprint density at radius 2 is 1.81 bits per heavy atom. The number of rotatable bonds is 5. The highest BCUT2D eigenvalue weighted by atomic mass is 35.5. The molecule has 0 fully saturated rings. The second-order valence-corrected chi connectivity index (χ2v) is 5.32. The molecule has 21 heavy (non-hydrogen) atoms. The van der Waals surface area contributed by atoms with Crippen LogP contribution in [0.15, 0.2) is 48.5 Å². The van der Waals surface area contributed by atoms with Crippen LogP contribution in [0.3, 0.4) is 0 Å². The predicted octanol–water partition coefficient (Wildman–Crippen LogP) is 4.32. The van der Waals surface area contributed by atoms with Crippen LogP contribution in [0.25, 0.3) is 0 Å². The zero-order chi connectivity index (χ0) is 15.4. The lowest BCUT2D eigenvalue weighted by Gasteiger charge is -2.21. The first kappa shape index (κ1) is 15.4. The third-order valence-corrected chi connectivity index (χ3v) is 3.92. The van der Waals surface area contributed by atoms with E-state index in [9.17, 15) is 9.90 Å². The minimum atomic E-state index is -0.868. The third-order valence-electron chi connectivity index (χ3n) is 3.63. The number of methoxy groups -OCH3 is 1. The minimum Gasteiger partial charge on any atom is -0.495 e. The molecule has 0 saturated carbocycles. The standard InChI is InChI=1S/C17H17ClO3/c1-11(12-6-4-3-5-7-12)16(17(19)20)13-8-9-15(21-2)14(18)10-13/h3-11,16H,1-2H3,(H,19,20). The van der Waals surface area contributed by atoms with E-state index < -0.39 is 11.9 Å². The van der Waals surface area contributed by atoms with E-state index in [-0.39, 0.29) is 5.92 Å². The van der Waals surface area contributed by atoms with Gasteiger partial charge in [-0.15, -0.1) is 0 Å². The van der Waals surface area contributed by atoms with Gasteiger partial charge in [-0.05, 0) is 29.2 Å². The van der Waals surface area contributed by atoms with Gasteiger partial charge < -0.3 is 9.84 Å². The zero-order valence-corrected chi connectivity index (χ0v) is 12.7. The van der Waals surface area contributed by atoms with E-state index in [1.807, 2.05) is 37.3 Å². The highest BCUT2D eigenvalue weighted by Gasteiger charge is 2.28. The maximum absolute atomic E-state index is 11.7. The number of halogens is 1. The fourth-order valence-corrected chi connectivity index (χ4v) is 2.74. The van der Waals surface area contributed by atoms with Gasteiger partial charge in [-0.2, -0.15) is 0 Å². The first-order valence-corrected chi connectivity index (χ1v) is 7.03. The molecule has 2 rings (SSSR count). The van der Waals surface area contributed by atoms with E-state index in [1.165, 1.54) is 7.11 Å². The van der Waals surface area contributed by atoms with Crippen LogP contribution >= 0.6 is 11.6 Å². The molecule has 2 aromatic rings. The summed E-state index contributed by atoms with van der Waals surface area (Å²) in [5.41, 5.74) is 1.65. The molecule has 0 aliphatic carbocycles. The lowest BCUT2D eigenvalue weighted by molar-refractivity contribution is -0.139. The maximum Gasteiger partial charge on any atom is 0.311 e. The van der Waals surface area contributed by atoms with Crippen LogP contribution in [0.1, 0.15) is 29.9 Å². The lowest BCUT2D eigenvalue weighted by atomic mass is 9.83. The molecule has 0 saturated heterocycles. The van der Waals surface area contributed by atoms with Crippen LogP contribution < -0.4 is 4.74 Å². The average molecular weight is 305 g/mol. The number of carboxylic acid groups (broad SMARTS) is 1. The summed E-state index contributed by atoms with van der Waals surface area (Å²) in [5, 5.41) is 10.0. The number of carbonyl (C=O) groups is 1. The summed E-state index contributed by atoms with van der Waals surface area (Å²) in [6.45, 7) is 1.91. The molecule has 3 nitrogen and oxygen atoms in total. The van der Waals surface area contributed by atoms with Gasteiger partial charge in [0, 0.05) is 0 Å². The highest BCUT2D eigenvalue weighted by molar-refractivity contribution is 6.32. The zero-order valence-electron chi connectivity index (χ0n) is 11.9. The van der Waals surface area contributed by atoms with E-state index in [0.717, 1.165) is 5.56 Å². The molecule has 0 aromatic heterocycles. The molecule has 110 valence electrons. The Bertz CT molecular complexity index is 625. The second-order valence-electron chi connectivity index (χ2n) is 4.91. The molecule has 0 bridgehead atoms. The van der Waals surface area contributed by atoms with Gasteiger partial charge >= 0.3 is 5.97 Å². The van der Waals surface area contributed by atoms with Gasteiger partial charge in [-0.1, -0.05) is 54.9 Å². The van der Waals surface area contributed by atoms with Gasteiger partial charge in [0.1, 0.15) is 5.75 Å². The average Bonchev–Trinajstić information content (AvgIpc) is 2.48. The molecular formula is C17H17ClO3. The van der Waals surface area contributed by atoms with Crippen LogP contribution in [0.5, 0.6) is 5.75 Å². The number of aliphatic carboxylic acids is 1. The number of benzene rings is 2. The maximum atomic E-state index is 11.7. The minimum absolute atomic E-state index is 0.159. The van der Waals surface area contributed by atoms with Crippen molar-refractivity contribution in [3.05, 3.63) is 64.7 Å². The van der Waals surface area contributed by atoms with Crippen LogP contribution in [-0.2, 0) is 4.79 Å². The van der Waals surface area contributed by atoms with E-state index in [0.29, 0.717) is 16.3 Å². The highest BCUT2D eigenvalue weighted by Crippen LogP contribution is 2.36. The Morgan fingerprint density at radius 1 is 1.14 bits per heavy atom. The first-order chi connectivity index (χ1) is 10.0. The normalized spacial score (nSPS) is 13.5. The van der Waals surface area contributed by atoms with E-state index in [1.54, 1.807) is 18.2 Å². The van der Waals surface area contributed by atoms with Gasteiger partial charge in [0.2, 0.25) is 0 Å². The summed E-state index contributed by atoms with van der Waals surface area (Å²) in [6, 6.07) is 14.7. The fourth-order valence-electron chi connectivity index (χ4n) is 2.47. The molecule has 0 amide bonds. The largest absolute Gasteiger partial charge is 0.495 e. The van der Waals surface area contributed by atoms with Crippen LogP contribution in [0.4, 0.5) is 0 Å². The number of ether oxygens (including phenoxy) is 1. The van der Waals surface area contributed by atoms with Crippen molar-refractivity contribution < 1.29 is 14.6 Å². The fraction of sp³-hybridized carbons (Fsp3) is 0.235. The van der Waals surface area contributed by atoms with Crippen molar-refractivity contribution in [1.82, 2.24) is 0 Å². The molecule has 2 aromatic carbocycles. The summed E-state index contributed by atoms with van der Waals surface area (Å²) in [5.74, 6) is -1.14. The van der Waals surface area contributed by atoms with Crippen LogP contribution in [-0.4, -0.2) is 18.2 Å². The van der Waals surface area contributed by atoms with E-state index in [4.69, 9.17) is 16.3 Å². The predicted molar refractivity (Wildman–Crippen MR) is 83.2 cm³/mol. The van der Waals surface area contributed by atoms with Crippen molar-refractivity contribution in [2.45, 2.75) is 18.8 Å². The summed E-state index contributed by atoms with van der Waals surface area (Å²) in [6.07, 6.45) is 0. The Morgan fingerprint density at radius 3 is 2.33 bits per heavy atom. The second kappa shape index (κ2) is 6.64. The third kappa shape index (κ3) is 3.37. The monoisotopic (exact) mass is 304 g/mol. The Balaban J connectivity index is 2.40. The van der Waals surface area contributed by atoms with Crippen LogP contribution in [0.2, 0.25) is 5.02 Å². The summed E-state index contributed by atoms with van der Waals surface area (Å²) in [7, 11) is 1.53. The van der Waals surface area contributed by atoms with Crippen molar-refractivity contribution in [3.63, 3.8) is 0 Å². The van der Waals surface area contributed by atoms with Gasteiger partial charge in [-0.25, -0.2) is 0 Å². The van der Waals surface area contributed by atoms with Crippen molar-refractivity contribution in [1.29, 1.82) is 0 Å². The molecule has 0 spiro atoms. The molecular weight excluding hydrogens is 288 g/mol. The van der Waals surface area contributed by atoms with Crippen molar-refractivity contribution in [3.8, 4) is 5.75 Å². The SMILES string of the molecule is COc1ccc(C(C(=O)O)C(C)c2ccccc2)cc1Cl. The Hall–Kier alpha value is -2.00. The first-order valence-electron chi connectivity index (χ1n) is 6.65. The number of hydrogen-bond donors (Lipinski definition) is 1. The van der Waals surface area contributed by atoms with Crippen LogP contribution in [0, 0.1) is 0 Å². The van der Waals surface area contributed by atoms with Crippen molar-refractivity contribution in [2.75, 3.05) is 7.11 Å². The Kier molecular flexibility index (Phi) is 4.86. The smallest absolute Gasteiger partial charge is 0.311 e. The molecule has 0 aliphatic heterocycles. The molecule has 0 heterocycles. The van der Waals surface area contributed by atoms with E-state index >= 15 is 0 Å². The molecule has 4 heteroatoms. The summed E-state index contributed by atoms with van der Waals surface area (Å²) >= 11 is 6.11. The Labute approximate surface area is 129 Å². The number of carboxylic acids is 1. The van der Waals surface area contributed by atoms with Crippen molar-refractivity contribution in [2.24, 2.45) is 0 Å². The molecule has 0 aliphatic rings. The summed E-state index contributed by atoms with van der Waals surface area (Å²) < 4.78 is 5.11. The number of hydrogen-bond acceptors (Lipinski definition) is 2. The van der Waals surface area contributed by atoms with Gasteiger partial charge in [0.05, 0.1) is 18.1 Å². The van der Waals surface area contributed by atoms with Gasteiger partial charge in [0.25, 0.3) is 0 Å².